The van der Waals surface area contributed by atoms with E-state index in [9.17, 15) is 4.79 Å². The molecule has 1 aliphatic rings. The molecule has 1 aliphatic carbocycles. The van der Waals surface area contributed by atoms with Crippen LogP contribution in [0.2, 0.25) is 0 Å². The van der Waals surface area contributed by atoms with Crippen molar-refractivity contribution in [3.05, 3.63) is 23.1 Å². The molecule has 0 unspecified atom stereocenters. The Kier molecular flexibility index (Phi) is 3.28. The minimum atomic E-state index is -0.103. The summed E-state index contributed by atoms with van der Waals surface area (Å²) in [5, 5.41) is 1.28. The van der Waals surface area contributed by atoms with Crippen LogP contribution in [0.5, 0.6) is 0 Å². The first kappa shape index (κ1) is 12.6. The Hall–Kier alpha value is -1.40. The first-order valence-corrected chi connectivity index (χ1v) is 7.31. The van der Waals surface area contributed by atoms with Crippen LogP contribution in [-0.2, 0) is 4.84 Å². The van der Waals surface area contributed by atoms with Crippen molar-refractivity contribution in [2.24, 2.45) is 0 Å². The number of hydrogen-bond donors (Lipinski definition) is 0. The van der Waals surface area contributed by atoms with Gasteiger partial charge in [0.25, 0.3) is 5.91 Å². The van der Waals surface area contributed by atoms with Crippen LogP contribution in [0.1, 0.15) is 47.0 Å². The van der Waals surface area contributed by atoms with Crippen molar-refractivity contribution in [2.75, 3.05) is 14.2 Å². The summed E-state index contributed by atoms with van der Waals surface area (Å²) in [6.45, 7) is 0. The van der Waals surface area contributed by atoms with E-state index in [0.717, 1.165) is 4.83 Å². The van der Waals surface area contributed by atoms with E-state index in [1.165, 1.54) is 42.7 Å². The predicted molar refractivity (Wildman–Crippen MR) is 73.4 cm³/mol. The largest absolute Gasteiger partial charge is 0.295 e. The van der Waals surface area contributed by atoms with Crippen molar-refractivity contribution in [1.82, 2.24) is 14.4 Å². The average Bonchev–Trinajstić information content (AvgIpc) is 3.11. The van der Waals surface area contributed by atoms with Crippen molar-refractivity contribution in [2.45, 2.75) is 31.6 Å². The maximum Gasteiger partial charge on any atom is 0.295 e. The first-order chi connectivity index (χ1) is 9.22. The molecule has 0 radical (unpaired) electrons. The van der Waals surface area contributed by atoms with Crippen molar-refractivity contribution in [1.29, 1.82) is 0 Å². The van der Waals surface area contributed by atoms with Crippen LogP contribution in [0, 0.1) is 0 Å². The highest BCUT2D eigenvalue weighted by Crippen LogP contribution is 2.40. The Bertz CT molecular complexity index is 598. The highest BCUT2D eigenvalue weighted by molar-refractivity contribution is 7.17. The van der Waals surface area contributed by atoms with Crippen LogP contribution in [0.3, 0.4) is 0 Å². The molecular formula is C13H17N3O2S. The molecule has 1 amide bonds. The topological polar surface area (TPSA) is 46.8 Å². The molecule has 3 rings (SSSR count). The summed E-state index contributed by atoms with van der Waals surface area (Å²) in [5.41, 5.74) is 0.716. The molecule has 0 N–H and O–H groups in total. The molecule has 0 aliphatic heterocycles. The summed E-state index contributed by atoms with van der Waals surface area (Å²) in [7, 11) is 3.14. The highest BCUT2D eigenvalue weighted by atomic mass is 32.1. The van der Waals surface area contributed by atoms with Gasteiger partial charge in [-0.25, -0.2) is 10.0 Å². The number of imidazole rings is 1. The van der Waals surface area contributed by atoms with E-state index in [1.54, 1.807) is 24.7 Å². The van der Waals surface area contributed by atoms with Gasteiger partial charge in [-0.05, 0) is 18.8 Å². The second kappa shape index (κ2) is 4.94. The molecule has 19 heavy (non-hydrogen) atoms. The zero-order chi connectivity index (χ0) is 13.4. The van der Waals surface area contributed by atoms with E-state index in [0.29, 0.717) is 11.6 Å². The molecule has 2 aromatic rings. The lowest BCUT2D eigenvalue weighted by Gasteiger charge is -2.16. The van der Waals surface area contributed by atoms with Gasteiger partial charge in [0, 0.05) is 11.9 Å². The van der Waals surface area contributed by atoms with Gasteiger partial charge in [0.1, 0.15) is 16.9 Å². The second-order valence-electron chi connectivity index (χ2n) is 4.88. The van der Waals surface area contributed by atoms with Crippen LogP contribution in [0.25, 0.3) is 4.83 Å². The zero-order valence-corrected chi connectivity index (χ0v) is 11.9. The van der Waals surface area contributed by atoms with Crippen molar-refractivity contribution < 1.29 is 9.63 Å². The number of rotatable bonds is 3. The van der Waals surface area contributed by atoms with Crippen molar-refractivity contribution >= 4 is 22.1 Å². The number of nitrogens with zero attached hydrogens (tertiary/aromatic N) is 3. The Morgan fingerprint density at radius 1 is 1.53 bits per heavy atom. The van der Waals surface area contributed by atoms with Crippen LogP contribution < -0.4 is 0 Å². The van der Waals surface area contributed by atoms with Gasteiger partial charge in [0.2, 0.25) is 0 Å². The third kappa shape index (κ3) is 2.04. The highest BCUT2D eigenvalue weighted by Gasteiger charge is 2.29. The summed E-state index contributed by atoms with van der Waals surface area (Å²) in [5.74, 6) is 0.405. The molecule has 2 aromatic heterocycles. The van der Waals surface area contributed by atoms with Gasteiger partial charge < -0.3 is 0 Å². The lowest BCUT2D eigenvalue weighted by atomic mass is 10.0. The summed E-state index contributed by atoms with van der Waals surface area (Å²) in [6, 6.07) is 0. The van der Waals surface area contributed by atoms with E-state index in [-0.39, 0.29) is 5.91 Å². The SMILES string of the molecule is CON(C)C(=O)c1c(C2CCCC2)sc2cncn12. The zero-order valence-electron chi connectivity index (χ0n) is 11.1. The monoisotopic (exact) mass is 279 g/mol. The molecule has 0 spiro atoms. The normalized spacial score (nSPS) is 16.3. The van der Waals surface area contributed by atoms with Gasteiger partial charge >= 0.3 is 0 Å². The third-order valence-corrected chi connectivity index (χ3v) is 5.04. The average molecular weight is 279 g/mol. The molecule has 0 aromatic carbocycles. The number of thiazole rings is 1. The fourth-order valence-corrected chi connectivity index (χ4v) is 3.97. The van der Waals surface area contributed by atoms with Crippen LogP contribution >= 0.6 is 11.3 Å². The molecule has 5 nitrogen and oxygen atoms in total. The number of amides is 1. The smallest absolute Gasteiger partial charge is 0.285 e. The molecule has 0 saturated heterocycles. The molecular weight excluding hydrogens is 262 g/mol. The van der Waals surface area contributed by atoms with Gasteiger partial charge in [-0.1, -0.05) is 12.8 Å². The number of hydrogen-bond acceptors (Lipinski definition) is 4. The van der Waals surface area contributed by atoms with Crippen LogP contribution in [0.4, 0.5) is 0 Å². The Morgan fingerprint density at radius 2 is 2.26 bits per heavy atom. The predicted octanol–water partition coefficient (Wildman–Crippen LogP) is 2.69. The first-order valence-electron chi connectivity index (χ1n) is 6.49. The van der Waals surface area contributed by atoms with Gasteiger partial charge in [-0.3, -0.25) is 14.0 Å². The lowest BCUT2D eigenvalue weighted by molar-refractivity contribution is -0.0761. The van der Waals surface area contributed by atoms with Gasteiger partial charge in [0.05, 0.1) is 13.3 Å². The molecule has 102 valence electrons. The summed E-state index contributed by atoms with van der Waals surface area (Å²) >= 11 is 1.68. The van der Waals surface area contributed by atoms with Gasteiger partial charge in [-0.2, -0.15) is 0 Å². The van der Waals surface area contributed by atoms with Gasteiger partial charge in [-0.15, -0.1) is 11.3 Å². The summed E-state index contributed by atoms with van der Waals surface area (Å²) < 4.78 is 1.89. The van der Waals surface area contributed by atoms with E-state index in [4.69, 9.17) is 4.84 Å². The van der Waals surface area contributed by atoms with Gasteiger partial charge in [0.15, 0.2) is 0 Å². The number of fused-ring (bicyclic) bond motifs is 1. The molecule has 1 saturated carbocycles. The third-order valence-electron chi connectivity index (χ3n) is 3.78. The lowest BCUT2D eigenvalue weighted by Crippen LogP contribution is -2.27. The fraction of sp³-hybridized carbons (Fsp3) is 0.538. The maximum atomic E-state index is 12.5. The van der Waals surface area contributed by atoms with E-state index < -0.39 is 0 Å². The summed E-state index contributed by atoms with van der Waals surface area (Å²) in [4.78, 5) is 23.8. The molecule has 0 bridgehead atoms. The Labute approximate surface area is 115 Å². The standard InChI is InChI=1S/C13H17N3O2S/c1-15(18-2)13(17)11-12(9-5-3-4-6-9)19-10-7-14-8-16(10)11/h7-9H,3-6H2,1-2H3. The van der Waals surface area contributed by atoms with E-state index in [2.05, 4.69) is 4.98 Å². The van der Waals surface area contributed by atoms with Crippen LogP contribution in [0.15, 0.2) is 12.5 Å². The molecule has 0 atom stereocenters. The number of carbonyl (C=O) groups is 1. The Balaban J connectivity index is 2.10. The summed E-state index contributed by atoms with van der Waals surface area (Å²) in [6.07, 6.45) is 8.38. The Morgan fingerprint density at radius 3 is 2.95 bits per heavy atom. The van der Waals surface area contributed by atoms with E-state index >= 15 is 0 Å². The maximum absolute atomic E-state index is 12.5. The van der Waals surface area contributed by atoms with Crippen molar-refractivity contribution in [3.8, 4) is 0 Å². The minimum Gasteiger partial charge on any atom is -0.285 e. The molecule has 2 heterocycles. The fourth-order valence-electron chi connectivity index (χ4n) is 2.71. The van der Waals surface area contributed by atoms with E-state index in [1.807, 2.05) is 10.6 Å². The molecule has 1 fully saturated rings. The second-order valence-corrected chi connectivity index (χ2v) is 5.95. The molecule has 6 heteroatoms. The number of carbonyl (C=O) groups excluding carboxylic acids is 1. The van der Waals surface area contributed by atoms with Crippen molar-refractivity contribution in [3.63, 3.8) is 0 Å². The van der Waals surface area contributed by atoms with Crippen LogP contribution in [-0.4, -0.2) is 34.5 Å². The quantitative estimate of drug-likeness (QED) is 0.812. The number of hydroxylamine groups is 2. The minimum absolute atomic E-state index is 0.103. The number of aromatic nitrogens is 2.